The molecule has 1 aromatic carbocycles. The van der Waals surface area contributed by atoms with E-state index in [2.05, 4.69) is 71.5 Å². The molecule has 2 saturated heterocycles. The molecule has 2 N–H and O–H groups in total. The average Bonchev–Trinajstić information content (AvgIpc) is 3.27. The molecule has 3 rings (SSSR count). The first kappa shape index (κ1) is 22.1. The van der Waals surface area contributed by atoms with Crippen LogP contribution < -0.4 is 10.6 Å². The van der Waals surface area contributed by atoms with Gasteiger partial charge >= 0.3 is 0 Å². The predicted octanol–water partition coefficient (Wildman–Crippen LogP) is 3.50. The van der Waals surface area contributed by atoms with Gasteiger partial charge in [0, 0.05) is 25.7 Å². The molecule has 2 heterocycles. The summed E-state index contributed by atoms with van der Waals surface area (Å²) >= 11 is 0. The van der Waals surface area contributed by atoms with E-state index in [0.29, 0.717) is 18.0 Å². The van der Waals surface area contributed by atoms with Crippen LogP contribution >= 0.6 is 0 Å². The molecule has 0 saturated carbocycles. The minimum Gasteiger partial charge on any atom is -0.357 e. The van der Waals surface area contributed by atoms with Crippen LogP contribution in [0.1, 0.15) is 58.1 Å². The van der Waals surface area contributed by atoms with Crippen LogP contribution in [0.5, 0.6) is 0 Å². The van der Waals surface area contributed by atoms with Crippen molar-refractivity contribution in [3.8, 4) is 0 Å². The summed E-state index contributed by atoms with van der Waals surface area (Å²) < 4.78 is 0. The van der Waals surface area contributed by atoms with Crippen LogP contribution in [0, 0.1) is 5.92 Å². The first-order valence-electron chi connectivity index (χ1n) is 11.7. The van der Waals surface area contributed by atoms with Gasteiger partial charge in [0.15, 0.2) is 5.96 Å². The smallest absolute Gasteiger partial charge is 0.191 e. The van der Waals surface area contributed by atoms with Gasteiger partial charge in [0.1, 0.15) is 0 Å². The second kappa shape index (κ2) is 11.6. The Morgan fingerprint density at radius 1 is 1.03 bits per heavy atom. The van der Waals surface area contributed by atoms with E-state index in [4.69, 9.17) is 4.99 Å². The van der Waals surface area contributed by atoms with Gasteiger partial charge in [-0.05, 0) is 77.6 Å². The molecule has 1 aromatic rings. The lowest BCUT2D eigenvalue weighted by Crippen LogP contribution is -2.46. The second-order valence-corrected chi connectivity index (χ2v) is 8.87. The van der Waals surface area contributed by atoms with Gasteiger partial charge in [-0.3, -0.25) is 9.89 Å². The fourth-order valence-corrected chi connectivity index (χ4v) is 4.65. The fraction of sp³-hybridized carbons (Fsp3) is 0.708. The van der Waals surface area contributed by atoms with Gasteiger partial charge in [-0.25, -0.2) is 0 Å². The van der Waals surface area contributed by atoms with Crippen molar-refractivity contribution in [2.75, 3.05) is 45.8 Å². The highest BCUT2D eigenvalue weighted by molar-refractivity contribution is 5.79. The minimum atomic E-state index is 0.375. The molecule has 2 unspecified atom stereocenters. The zero-order valence-corrected chi connectivity index (χ0v) is 18.7. The van der Waals surface area contributed by atoms with E-state index in [1.54, 1.807) is 0 Å². The molecule has 0 spiro atoms. The number of likely N-dealkylation sites (tertiary alicyclic amines) is 2. The second-order valence-electron chi connectivity index (χ2n) is 8.87. The zero-order chi connectivity index (χ0) is 20.5. The highest BCUT2D eigenvalue weighted by Crippen LogP contribution is 2.25. The van der Waals surface area contributed by atoms with Crippen molar-refractivity contribution in [1.82, 2.24) is 20.4 Å². The number of benzene rings is 1. The van der Waals surface area contributed by atoms with Crippen molar-refractivity contribution < 1.29 is 0 Å². The van der Waals surface area contributed by atoms with Crippen LogP contribution in [0.2, 0.25) is 0 Å². The standard InChI is InChI=1S/C24H41N5/c1-4-25-24(26-17-21-11-10-16-29(19-21)20(2)3)27-18-23(28-14-8-9-15-28)22-12-6-5-7-13-22/h5-7,12-13,20-21,23H,4,8-11,14-19H2,1-3H3,(H2,25,26,27). The Balaban J connectivity index is 1.60. The van der Waals surface area contributed by atoms with E-state index in [1.807, 2.05) is 0 Å². The van der Waals surface area contributed by atoms with Crippen LogP contribution in [0.3, 0.4) is 0 Å². The number of piperidine rings is 1. The van der Waals surface area contributed by atoms with Crippen LogP contribution in [0.4, 0.5) is 0 Å². The van der Waals surface area contributed by atoms with E-state index in [1.165, 1.54) is 57.4 Å². The van der Waals surface area contributed by atoms with Crippen LogP contribution in [-0.2, 0) is 0 Å². The molecule has 0 radical (unpaired) electrons. The zero-order valence-electron chi connectivity index (χ0n) is 18.7. The largest absolute Gasteiger partial charge is 0.357 e. The maximum Gasteiger partial charge on any atom is 0.191 e. The lowest BCUT2D eigenvalue weighted by molar-refractivity contribution is 0.141. The summed E-state index contributed by atoms with van der Waals surface area (Å²) in [6.07, 6.45) is 5.23. The topological polar surface area (TPSA) is 42.9 Å². The van der Waals surface area contributed by atoms with Crippen molar-refractivity contribution in [2.24, 2.45) is 10.9 Å². The maximum atomic E-state index is 5.01. The Morgan fingerprint density at radius 3 is 2.45 bits per heavy atom. The van der Waals surface area contributed by atoms with E-state index in [-0.39, 0.29) is 0 Å². The fourth-order valence-electron chi connectivity index (χ4n) is 4.65. The van der Waals surface area contributed by atoms with Gasteiger partial charge in [0.05, 0.1) is 12.6 Å². The summed E-state index contributed by atoms with van der Waals surface area (Å²) in [5.41, 5.74) is 1.38. The summed E-state index contributed by atoms with van der Waals surface area (Å²) in [7, 11) is 0. The lowest BCUT2D eigenvalue weighted by atomic mass is 9.97. The maximum absolute atomic E-state index is 5.01. The third kappa shape index (κ3) is 6.71. The number of hydrogen-bond donors (Lipinski definition) is 2. The number of rotatable bonds is 8. The molecule has 2 atom stereocenters. The molecule has 29 heavy (non-hydrogen) atoms. The quantitative estimate of drug-likeness (QED) is 0.519. The molecule has 0 amide bonds. The number of hydrogen-bond acceptors (Lipinski definition) is 3. The van der Waals surface area contributed by atoms with Crippen molar-refractivity contribution in [3.05, 3.63) is 35.9 Å². The normalized spacial score (nSPS) is 22.8. The van der Waals surface area contributed by atoms with Crippen molar-refractivity contribution in [1.29, 1.82) is 0 Å². The summed E-state index contributed by atoms with van der Waals surface area (Å²) in [5, 5.41) is 7.10. The van der Waals surface area contributed by atoms with E-state index in [0.717, 1.165) is 25.6 Å². The van der Waals surface area contributed by atoms with E-state index in [9.17, 15) is 0 Å². The molecular formula is C24H41N5. The van der Waals surface area contributed by atoms with Crippen LogP contribution in [-0.4, -0.2) is 67.6 Å². The van der Waals surface area contributed by atoms with Gasteiger partial charge in [-0.15, -0.1) is 0 Å². The Labute approximate surface area is 178 Å². The van der Waals surface area contributed by atoms with Gasteiger partial charge in [-0.1, -0.05) is 30.3 Å². The molecule has 2 aliphatic heterocycles. The Bertz CT molecular complexity index is 609. The first-order valence-corrected chi connectivity index (χ1v) is 11.7. The molecule has 5 nitrogen and oxygen atoms in total. The number of guanidine groups is 1. The van der Waals surface area contributed by atoms with Gasteiger partial charge < -0.3 is 15.5 Å². The molecule has 162 valence electrons. The molecule has 2 aliphatic rings. The van der Waals surface area contributed by atoms with Crippen LogP contribution in [0.25, 0.3) is 0 Å². The van der Waals surface area contributed by atoms with Crippen molar-refractivity contribution in [2.45, 2.75) is 58.5 Å². The molecule has 0 aromatic heterocycles. The van der Waals surface area contributed by atoms with Crippen molar-refractivity contribution in [3.63, 3.8) is 0 Å². The highest BCUT2D eigenvalue weighted by atomic mass is 15.2. The van der Waals surface area contributed by atoms with Crippen molar-refractivity contribution >= 4 is 5.96 Å². The molecular weight excluding hydrogens is 358 g/mol. The molecule has 2 fully saturated rings. The van der Waals surface area contributed by atoms with Gasteiger partial charge in [0.25, 0.3) is 0 Å². The SMILES string of the molecule is CCNC(=NCC(c1ccccc1)N1CCCC1)NCC1CCCN(C(C)C)C1. The van der Waals surface area contributed by atoms with Gasteiger partial charge in [-0.2, -0.15) is 0 Å². The third-order valence-corrected chi connectivity index (χ3v) is 6.37. The first-order chi connectivity index (χ1) is 14.2. The highest BCUT2D eigenvalue weighted by Gasteiger charge is 2.24. The van der Waals surface area contributed by atoms with Crippen LogP contribution in [0.15, 0.2) is 35.3 Å². The molecule has 5 heteroatoms. The number of nitrogens with one attached hydrogen (secondary N) is 2. The monoisotopic (exact) mass is 399 g/mol. The number of nitrogens with zero attached hydrogens (tertiary/aromatic N) is 3. The summed E-state index contributed by atoms with van der Waals surface area (Å²) in [5.74, 6) is 1.67. The Kier molecular flexibility index (Phi) is 8.81. The van der Waals surface area contributed by atoms with Gasteiger partial charge in [0.2, 0.25) is 0 Å². The third-order valence-electron chi connectivity index (χ3n) is 6.37. The minimum absolute atomic E-state index is 0.375. The Hall–Kier alpha value is -1.59. The summed E-state index contributed by atoms with van der Waals surface area (Å²) in [6.45, 7) is 14.3. The average molecular weight is 400 g/mol. The lowest BCUT2D eigenvalue weighted by Gasteiger charge is -2.35. The van der Waals surface area contributed by atoms with E-state index < -0.39 is 0 Å². The molecule has 0 aliphatic carbocycles. The number of aliphatic imine (C=N–C) groups is 1. The summed E-state index contributed by atoms with van der Waals surface area (Å²) in [6, 6.07) is 11.9. The summed E-state index contributed by atoms with van der Waals surface area (Å²) in [4.78, 5) is 10.2. The molecule has 0 bridgehead atoms. The Morgan fingerprint density at radius 2 is 1.76 bits per heavy atom. The predicted molar refractivity (Wildman–Crippen MR) is 123 cm³/mol. The van der Waals surface area contributed by atoms with E-state index >= 15 is 0 Å².